The summed E-state index contributed by atoms with van der Waals surface area (Å²) in [4.78, 5) is 4.32. The van der Waals surface area contributed by atoms with Gasteiger partial charge in [-0.1, -0.05) is 42.1 Å². The van der Waals surface area contributed by atoms with Crippen LogP contribution in [0.5, 0.6) is 0 Å². The van der Waals surface area contributed by atoms with Crippen molar-refractivity contribution in [2.45, 2.75) is 6.04 Å². The number of hydrogen-bond donors (Lipinski definition) is 1. The summed E-state index contributed by atoms with van der Waals surface area (Å²) in [5, 5.41) is 0.712. The largest absolute Gasteiger partial charge is 0.379 e. The van der Waals surface area contributed by atoms with Crippen LogP contribution in [0.25, 0.3) is 0 Å². The van der Waals surface area contributed by atoms with Crippen molar-refractivity contribution in [3.8, 4) is 0 Å². The van der Waals surface area contributed by atoms with Crippen LogP contribution in [0, 0.1) is 0 Å². The molecule has 1 aliphatic heterocycles. The molecule has 0 saturated heterocycles. The van der Waals surface area contributed by atoms with E-state index in [-0.39, 0.29) is 6.04 Å². The van der Waals surface area contributed by atoms with Crippen LogP contribution in [0.3, 0.4) is 0 Å². The number of benzene rings is 1. The lowest BCUT2D eigenvalue weighted by molar-refractivity contribution is 0.848. The van der Waals surface area contributed by atoms with Crippen molar-refractivity contribution in [2.24, 2.45) is 10.7 Å². The SMILES string of the molecule is NC1=N[C@@H](c2ccccc2)CS1. The molecule has 62 valence electrons. The van der Waals surface area contributed by atoms with Gasteiger partial charge in [0.1, 0.15) is 0 Å². The summed E-state index contributed by atoms with van der Waals surface area (Å²) < 4.78 is 0. The zero-order valence-electron chi connectivity index (χ0n) is 6.60. The summed E-state index contributed by atoms with van der Waals surface area (Å²) in [6, 6.07) is 10.5. The minimum absolute atomic E-state index is 0.274. The number of amidine groups is 1. The van der Waals surface area contributed by atoms with Gasteiger partial charge in [0.2, 0.25) is 0 Å². The first-order valence-electron chi connectivity index (χ1n) is 3.87. The number of rotatable bonds is 1. The first-order valence-corrected chi connectivity index (χ1v) is 4.86. The molecule has 0 amide bonds. The molecule has 2 N–H and O–H groups in total. The molecule has 2 rings (SSSR count). The molecule has 0 spiro atoms. The maximum Gasteiger partial charge on any atom is 0.154 e. The van der Waals surface area contributed by atoms with Gasteiger partial charge < -0.3 is 5.73 Å². The third-order valence-corrected chi connectivity index (χ3v) is 2.74. The van der Waals surface area contributed by atoms with Gasteiger partial charge in [0.05, 0.1) is 6.04 Å². The van der Waals surface area contributed by atoms with Crippen molar-refractivity contribution in [2.75, 3.05) is 5.75 Å². The molecule has 3 heteroatoms. The Bertz CT molecular complexity index is 295. The highest BCUT2D eigenvalue weighted by Gasteiger charge is 2.16. The molecule has 0 saturated carbocycles. The Morgan fingerprint density at radius 2 is 2.08 bits per heavy atom. The molecule has 0 aliphatic carbocycles. The molecule has 0 unspecified atom stereocenters. The van der Waals surface area contributed by atoms with Gasteiger partial charge in [-0.15, -0.1) is 0 Å². The van der Waals surface area contributed by atoms with E-state index in [1.54, 1.807) is 11.8 Å². The van der Waals surface area contributed by atoms with Crippen molar-refractivity contribution in [3.63, 3.8) is 0 Å². The quantitative estimate of drug-likeness (QED) is 0.712. The Morgan fingerprint density at radius 3 is 2.67 bits per heavy atom. The minimum atomic E-state index is 0.274. The molecule has 1 aromatic rings. The highest BCUT2D eigenvalue weighted by atomic mass is 32.2. The van der Waals surface area contributed by atoms with E-state index >= 15 is 0 Å². The first kappa shape index (κ1) is 7.68. The molecule has 0 aromatic heterocycles. The summed E-state index contributed by atoms with van der Waals surface area (Å²) in [7, 11) is 0. The summed E-state index contributed by atoms with van der Waals surface area (Å²) >= 11 is 1.63. The molecule has 1 atom stereocenters. The van der Waals surface area contributed by atoms with Gasteiger partial charge in [0.15, 0.2) is 5.17 Å². The van der Waals surface area contributed by atoms with Crippen LogP contribution in [0.1, 0.15) is 11.6 Å². The van der Waals surface area contributed by atoms with Crippen molar-refractivity contribution in [1.82, 2.24) is 0 Å². The summed E-state index contributed by atoms with van der Waals surface area (Å²) in [6.07, 6.45) is 0. The second-order valence-electron chi connectivity index (χ2n) is 2.70. The lowest BCUT2D eigenvalue weighted by Crippen LogP contribution is -2.01. The Kier molecular flexibility index (Phi) is 2.04. The zero-order valence-corrected chi connectivity index (χ0v) is 7.42. The van der Waals surface area contributed by atoms with Crippen LogP contribution in [0.2, 0.25) is 0 Å². The monoisotopic (exact) mass is 178 g/mol. The van der Waals surface area contributed by atoms with Crippen LogP contribution in [0.15, 0.2) is 35.3 Å². The van der Waals surface area contributed by atoms with Crippen LogP contribution in [-0.2, 0) is 0 Å². The van der Waals surface area contributed by atoms with E-state index in [2.05, 4.69) is 17.1 Å². The number of thioether (sulfide) groups is 1. The van der Waals surface area contributed by atoms with E-state index in [1.807, 2.05) is 18.2 Å². The van der Waals surface area contributed by atoms with Crippen LogP contribution < -0.4 is 5.73 Å². The predicted octanol–water partition coefficient (Wildman–Crippen LogP) is 1.79. The summed E-state index contributed by atoms with van der Waals surface area (Å²) in [5.41, 5.74) is 6.83. The van der Waals surface area contributed by atoms with E-state index in [1.165, 1.54) is 5.56 Å². The third kappa shape index (κ3) is 1.46. The van der Waals surface area contributed by atoms with Crippen LogP contribution in [0.4, 0.5) is 0 Å². The molecule has 2 nitrogen and oxygen atoms in total. The lowest BCUT2D eigenvalue weighted by Gasteiger charge is -2.03. The van der Waals surface area contributed by atoms with E-state index < -0.39 is 0 Å². The maximum absolute atomic E-state index is 5.58. The Labute approximate surface area is 75.9 Å². The van der Waals surface area contributed by atoms with Crippen LogP contribution in [-0.4, -0.2) is 10.9 Å². The van der Waals surface area contributed by atoms with E-state index in [0.29, 0.717) is 5.17 Å². The van der Waals surface area contributed by atoms with Gasteiger partial charge in [0.25, 0.3) is 0 Å². The normalized spacial score (nSPS) is 22.3. The Morgan fingerprint density at radius 1 is 1.33 bits per heavy atom. The average Bonchev–Trinajstić information content (AvgIpc) is 2.54. The van der Waals surface area contributed by atoms with Crippen molar-refractivity contribution >= 4 is 16.9 Å². The third-order valence-electron chi connectivity index (χ3n) is 1.86. The Hall–Kier alpha value is -0.960. The molecular formula is C9H10N2S. The van der Waals surface area contributed by atoms with E-state index in [9.17, 15) is 0 Å². The molecule has 1 aliphatic rings. The number of nitrogens with zero attached hydrogens (tertiary/aromatic N) is 1. The highest BCUT2D eigenvalue weighted by Crippen LogP contribution is 2.28. The molecule has 1 heterocycles. The molecular weight excluding hydrogens is 168 g/mol. The van der Waals surface area contributed by atoms with E-state index in [0.717, 1.165) is 5.75 Å². The maximum atomic E-state index is 5.58. The molecule has 0 fully saturated rings. The fraction of sp³-hybridized carbons (Fsp3) is 0.222. The van der Waals surface area contributed by atoms with Crippen molar-refractivity contribution < 1.29 is 0 Å². The smallest absolute Gasteiger partial charge is 0.154 e. The van der Waals surface area contributed by atoms with Gasteiger partial charge in [-0.3, -0.25) is 4.99 Å². The number of aliphatic imine (C=N–C) groups is 1. The van der Waals surface area contributed by atoms with Gasteiger partial charge in [-0.2, -0.15) is 0 Å². The van der Waals surface area contributed by atoms with Gasteiger partial charge in [-0.05, 0) is 5.56 Å². The minimum Gasteiger partial charge on any atom is -0.379 e. The summed E-state index contributed by atoms with van der Waals surface area (Å²) in [5.74, 6) is 0.982. The molecule has 0 radical (unpaired) electrons. The second-order valence-corrected chi connectivity index (χ2v) is 3.75. The fourth-order valence-electron chi connectivity index (χ4n) is 1.24. The lowest BCUT2D eigenvalue weighted by atomic mass is 10.1. The van der Waals surface area contributed by atoms with Crippen molar-refractivity contribution in [3.05, 3.63) is 35.9 Å². The topological polar surface area (TPSA) is 38.4 Å². The highest BCUT2D eigenvalue weighted by molar-refractivity contribution is 8.14. The first-order chi connectivity index (χ1) is 5.86. The molecule has 1 aromatic carbocycles. The second kappa shape index (κ2) is 3.19. The number of nitrogens with two attached hydrogens (primary N) is 1. The van der Waals surface area contributed by atoms with Gasteiger partial charge in [-0.25, -0.2) is 0 Å². The van der Waals surface area contributed by atoms with Crippen molar-refractivity contribution in [1.29, 1.82) is 0 Å². The van der Waals surface area contributed by atoms with Crippen LogP contribution >= 0.6 is 11.8 Å². The summed E-state index contributed by atoms with van der Waals surface area (Å²) in [6.45, 7) is 0. The Balaban J connectivity index is 2.22. The number of hydrogen-bond acceptors (Lipinski definition) is 3. The van der Waals surface area contributed by atoms with Gasteiger partial charge >= 0.3 is 0 Å². The molecule has 12 heavy (non-hydrogen) atoms. The van der Waals surface area contributed by atoms with E-state index in [4.69, 9.17) is 5.73 Å². The zero-order chi connectivity index (χ0) is 8.39. The standard InChI is InChI=1S/C9H10N2S/c10-9-11-8(6-12-9)7-4-2-1-3-5-7/h1-5,8H,6H2,(H2,10,11)/t8-/m1/s1. The fourth-order valence-corrected chi connectivity index (χ4v) is 2.04. The predicted molar refractivity (Wildman–Crippen MR) is 53.3 cm³/mol. The molecule has 0 bridgehead atoms. The average molecular weight is 178 g/mol. The van der Waals surface area contributed by atoms with Gasteiger partial charge in [0, 0.05) is 5.75 Å².